The Morgan fingerprint density at radius 2 is 1.76 bits per heavy atom. The Kier molecular flexibility index (Phi) is 4.62. The molecule has 1 aromatic rings. The van der Waals surface area contributed by atoms with Gasteiger partial charge >= 0.3 is 11.9 Å². The lowest BCUT2D eigenvalue weighted by Gasteiger charge is -2.14. The number of esters is 2. The molecule has 0 spiro atoms. The van der Waals surface area contributed by atoms with Crippen molar-refractivity contribution in [2.24, 2.45) is 0 Å². The third-order valence-electron chi connectivity index (χ3n) is 2.14. The van der Waals surface area contributed by atoms with E-state index in [1.165, 1.54) is 12.1 Å². The molecule has 0 atom stereocenters. The van der Waals surface area contributed by atoms with Gasteiger partial charge in [-0.2, -0.15) is 0 Å². The van der Waals surface area contributed by atoms with Gasteiger partial charge in [0.25, 0.3) is 0 Å². The summed E-state index contributed by atoms with van der Waals surface area (Å²) in [6, 6.07) is 3.70. The van der Waals surface area contributed by atoms with E-state index in [0.29, 0.717) is 4.47 Å². The van der Waals surface area contributed by atoms with Crippen LogP contribution in [0.3, 0.4) is 0 Å². The first-order valence-electron chi connectivity index (χ1n) is 4.62. The zero-order valence-electron chi connectivity index (χ0n) is 9.20. The summed E-state index contributed by atoms with van der Waals surface area (Å²) < 4.78 is 22.6. The molecule has 4 nitrogen and oxygen atoms in total. The second-order valence-corrected chi connectivity index (χ2v) is 4.00. The SMILES string of the molecule is COC(=O)C(C(=O)OC)c1cc(F)ccc1Br. The van der Waals surface area contributed by atoms with E-state index >= 15 is 0 Å². The van der Waals surface area contributed by atoms with Crippen LogP contribution in [0, 0.1) is 5.82 Å². The predicted molar refractivity (Wildman–Crippen MR) is 60.9 cm³/mol. The van der Waals surface area contributed by atoms with Crippen LogP contribution in [0.5, 0.6) is 0 Å². The lowest BCUT2D eigenvalue weighted by Crippen LogP contribution is -2.24. The van der Waals surface area contributed by atoms with Gasteiger partial charge < -0.3 is 9.47 Å². The molecule has 0 amide bonds. The molecule has 0 heterocycles. The quantitative estimate of drug-likeness (QED) is 0.633. The van der Waals surface area contributed by atoms with Crippen LogP contribution in [0.4, 0.5) is 4.39 Å². The van der Waals surface area contributed by atoms with Crippen LogP contribution in [0.25, 0.3) is 0 Å². The summed E-state index contributed by atoms with van der Waals surface area (Å²) in [4.78, 5) is 23.0. The van der Waals surface area contributed by atoms with E-state index in [1.807, 2.05) is 0 Å². The van der Waals surface area contributed by atoms with Crippen LogP contribution >= 0.6 is 15.9 Å². The van der Waals surface area contributed by atoms with E-state index in [-0.39, 0.29) is 5.56 Å². The third kappa shape index (κ3) is 3.03. The number of hydrogen-bond acceptors (Lipinski definition) is 4. The molecular formula is C11H10BrFO4. The minimum atomic E-state index is -1.30. The lowest BCUT2D eigenvalue weighted by molar-refractivity contribution is -0.154. The molecular weight excluding hydrogens is 295 g/mol. The summed E-state index contributed by atoms with van der Waals surface area (Å²) >= 11 is 3.14. The highest BCUT2D eigenvalue weighted by Gasteiger charge is 2.32. The molecule has 92 valence electrons. The first kappa shape index (κ1) is 13.6. The van der Waals surface area contributed by atoms with Gasteiger partial charge in [0, 0.05) is 4.47 Å². The monoisotopic (exact) mass is 304 g/mol. The predicted octanol–water partition coefficient (Wildman–Crippen LogP) is 2.02. The van der Waals surface area contributed by atoms with Crippen LogP contribution in [-0.2, 0) is 19.1 Å². The second kappa shape index (κ2) is 5.77. The number of hydrogen-bond donors (Lipinski definition) is 0. The average Bonchev–Trinajstić information content (AvgIpc) is 2.33. The molecule has 0 radical (unpaired) electrons. The smallest absolute Gasteiger partial charge is 0.324 e. The van der Waals surface area contributed by atoms with Gasteiger partial charge in [0.2, 0.25) is 0 Å². The van der Waals surface area contributed by atoms with Crippen molar-refractivity contribution in [1.29, 1.82) is 0 Å². The van der Waals surface area contributed by atoms with E-state index < -0.39 is 23.7 Å². The van der Waals surface area contributed by atoms with Gasteiger partial charge in [-0.1, -0.05) is 15.9 Å². The van der Waals surface area contributed by atoms with E-state index in [4.69, 9.17) is 0 Å². The van der Waals surface area contributed by atoms with Gasteiger partial charge in [0.15, 0.2) is 5.92 Å². The Morgan fingerprint density at radius 3 is 2.24 bits per heavy atom. The highest BCUT2D eigenvalue weighted by Crippen LogP contribution is 2.27. The number of halogens is 2. The highest BCUT2D eigenvalue weighted by molar-refractivity contribution is 9.10. The van der Waals surface area contributed by atoms with Crippen molar-refractivity contribution >= 4 is 27.9 Å². The first-order valence-corrected chi connectivity index (χ1v) is 5.41. The largest absolute Gasteiger partial charge is 0.468 e. The van der Waals surface area contributed by atoms with E-state index in [1.54, 1.807) is 0 Å². The zero-order chi connectivity index (χ0) is 13.0. The molecule has 0 saturated carbocycles. The number of carbonyl (C=O) groups excluding carboxylic acids is 2. The Morgan fingerprint density at radius 1 is 1.24 bits per heavy atom. The molecule has 0 fully saturated rings. The summed E-state index contributed by atoms with van der Waals surface area (Å²) in [5, 5.41) is 0. The summed E-state index contributed by atoms with van der Waals surface area (Å²) in [6.45, 7) is 0. The van der Waals surface area contributed by atoms with Crippen molar-refractivity contribution in [2.45, 2.75) is 5.92 Å². The van der Waals surface area contributed by atoms with E-state index in [2.05, 4.69) is 25.4 Å². The number of methoxy groups -OCH3 is 2. The van der Waals surface area contributed by atoms with Gasteiger partial charge in [-0.15, -0.1) is 0 Å². The molecule has 0 N–H and O–H groups in total. The topological polar surface area (TPSA) is 52.6 Å². The summed E-state index contributed by atoms with van der Waals surface area (Å²) in [5.41, 5.74) is 0.170. The van der Waals surface area contributed by atoms with Gasteiger partial charge in [-0.05, 0) is 23.8 Å². The Hall–Kier alpha value is -1.43. The van der Waals surface area contributed by atoms with Crippen molar-refractivity contribution in [1.82, 2.24) is 0 Å². The number of rotatable bonds is 3. The molecule has 0 aliphatic heterocycles. The van der Waals surface area contributed by atoms with Crippen molar-refractivity contribution in [3.8, 4) is 0 Å². The first-order chi connectivity index (χ1) is 8.01. The average molecular weight is 305 g/mol. The van der Waals surface area contributed by atoms with Crippen molar-refractivity contribution in [2.75, 3.05) is 14.2 Å². The van der Waals surface area contributed by atoms with Gasteiger partial charge in [-0.3, -0.25) is 9.59 Å². The Labute approximate surface area is 106 Å². The maximum Gasteiger partial charge on any atom is 0.324 e. The van der Waals surface area contributed by atoms with Crippen molar-refractivity contribution in [3.05, 3.63) is 34.1 Å². The summed E-state index contributed by atoms with van der Waals surface area (Å²) in [6.07, 6.45) is 0. The molecule has 0 aliphatic carbocycles. The second-order valence-electron chi connectivity index (χ2n) is 3.15. The molecule has 0 aromatic heterocycles. The molecule has 17 heavy (non-hydrogen) atoms. The summed E-state index contributed by atoms with van der Waals surface area (Å²) in [5.74, 6) is -3.46. The zero-order valence-corrected chi connectivity index (χ0v) is 10.8. The Bertz CT molecular complexity index is 431. The molecule has 0 saturated heterocycles. The molecule has 0 unspecified atom stereocenters. The highest BCUT2D eigenvalue weighted by atomic mass is 79.9. The number of ether oxygens (including phenoxy) is 2. The molecule has 0 bridgehead atoms. The number of carbonyl (C=O) groups is 2. The van der Waals surface area contributed by atoms with Gasteiger partial charge in [0.05, 0.1) is 14.2 Å². The summed E-state index contributed by atoms with van der Waals surface area (Å²) in [7, 11) is 2.29. The molecule has 1 rings (SSSR count). The molecule has 1 aromatic carbocycles. The van der Waals surface area contributed by atoms with Gasteiger partial charge in [-0.25, -0.2) is 4.39 Å². The Balaban J connectivity index is 3.26. The third-order valence-corrected chi connectivity index (χ3v) is 2.86. The maximum atomic E-state index is 13.1. The molecule has 0 aliphatic rings. The van der Waals surface area contributed by atoms with Crippen LogP contribution in [0.2, 0.25) is 0 Å². The minimum Gasteiger partial charge on any atom is -0.468 e. The van der Waals surface area contributed by atoms with Crippen LogP contribution in [-0.4, -0.2) is 26.2 Å². The van der Waals surface area contributed by atoms with Gasteiger partial charge in [0.1, 0.15) is 5.82 Å². The van der Waals surface area contributed by atoms with Crippen molar-refractivity contribution in [3.63, 3.8) is 0 Å². The maximum absolute atomic E-state index is 13.1. The van der Waals surface area contributed by atoms with Crippen LogP contribution in [0.1, 0.15) is 11.5 Å². The van der Waals surface area contributed by atoms with E-state index in [0.717, 1.165) is 20.3 Å². The lowest BCUT2D eigenvalue weighted by atomic mass is 9.99. The van der Waals surface area contributed by atoms with Crippen LogP contribution < -0.4 is 0 Å². The minimum absolute atomic E-state index is 0.170. The fourth-order valence-corrected chi connectivity index (χ4v) is 1.80. The standard InChI is InChI=1S/C11H10BrFO4/c1-16-10(14)9(11(15)17-2)7-5-6(13)3-4-8(7)12/h3-5,9H,1-2H3. The van der Waals surface area contributed by atoms with Crippen molar-refractivity contribution < 1.29 is 23.5 Å². The van der Waals surface area contributed by atoms with Crippen LogP contribution in [0.15, 0.2) is 22.7 Å². The molecule has 6 heteroatoms. The fraction of sp³-hybridized carbons (Fsp3) is 0.273. The van der Waals surface area contributed by atoms with E-state index in [9.17, 15) is 14.0 Å². The normalized spacial score (nSPS) is 10.2. The number of benzene rings is 1. The fourth-order valence-electron chi connectivity index (χ4n) is 1.32.